The molecule has 34 heavy (non-hydrogen) atoms. The van der Waals surface area contributed by atoms with Gasteiger partial charge in [0.05, 0.1) is 5.60 Å². The molecule has 0 radical (unpaired) electrons. The summed E-state index contributed by atoms with van der Waals surface area (Å²) in [6.07, 6.45) is 3.59. The number of hydrogen-bond acceptors (Lipinski definition) is 6. The molecular weight excluding hydrogens is 446 g/mol. The van der Waals surface area contributed by atoms with Crippen LogP contribution in [0.1, 0.15) is 49.7 Å². The monoisotopic (exact) mass is 485 g/mol. The molecule has 3 heterocycles. The van der Waals surface area contributed by atoms with E-state index in [4.69, 9.17) is 9.47 Å². The zero-order valence-corrected chi connectivity index (χ0v) is 21.6. The van der Waals surface area contributed by atoms with E-state index in [1.54, 1.807) is 11.3 Å². The van der Waals surface area contributed by atoms with Crippen LogP contribution in [0.3, 0.4) is 0 Å². The SMILES string of the molecule is CCN1CC2(CCN(CCc3ccccc3O[C@H](CCNC)c3cccs3)CC2)O[C@H](C)C1=O. The first-order valence-electron chi connectivity index (χ1n) is 12.6. The summed E-state index contributed by atoms with van der Waals surface area (Å²) in [6.45, 7) is 9.37. The van der Waals surface area contributed by atoms with Gasteiger partial charge < -0.3 is 24.6 Å². The Morgan fingerprint density at radius 3 is 2.74 bits per heavy atom. The minimum absolute atomic E-state index is 0.0677. The van der Waals surface area contributed by atoms with Gasteiger partial charge in [0.25, 0.3) is 5.91 Å². The lowest BCUT2D eigenvalue weighted by Crippen LogP contribution is -2.61. The van der Waals surface area contributed by atoms with E-state index in [9.17, 15) is 4.79 Å². The lowest BCUT2D eigenvalue weighted by Gasteiger charge is -2.49. The Bertz CT molecular complexity index is 912. The number of morpholine rings is 1. The summed E-state index contributed by atoms with van der Waals surface area (Å²) in [6, 6.07) is 12.7. The van der Waals surface area contributed by atoms with Gasteiger partial charge in [-0.2, -0.15) is 0 Å². The summed E-state index contributed by atoms with van der Waals surface area (Å²) >= 11 is 1.76. The van der Waals surface area contributed by atoms with Crippen molar-refractivity contribution in [3.8, 4) is 5.75 Å². The first-order valence-corrected chi connectivity index (χ1v) is 13.5. The fourth-order valence-electron chi connectivity index (χ4n) is 5.14. The van der Waals surface area contributed by atoms with Crippen molar-refractivity contribution >= 4 is 17.2 Å². The zero-order valence-electron chi connectivity index (χ0n) is 20.8. The largest absolute Gasteiger partial charge is 0.485 e. The number of likely N-dealkylation sites (N-methyl/N-ethyl adjacent to an activating group) is 1. The van der Waals surface area contributed by atoms with Crippen molar-refractivity contribution in [3.05, 3.63) is 52.2 Å². The van der Waals surface area contributed by atoms with E-state index in [1.807, 2.05) is 18.9 Å². The second-order valence-electron chi connectivity index (χ2n) is 9.51. The van der Waals surface area contributed by atoms with Gasteiger partial charge >= 0.3 is 0 Å². The van der Waals surface area contributed by atoms with Gasteiger partial charge in [-0.25, -0.2) is 0 Å². The Balaban J connectivity index is 1.34. The van der Waals surface area contributed by atoms with Gasteiger partial charge in [-0.15, -0.1) is 11.3 Å². The third kappa shape index (κ3) is 6.00. The quantitative estimate of drug-likeness (QED) is 0.549. The first kappa shape index (κ1) is 25.2. The number of carbonyl (C=O) groups excluding carboxylic acids is 1. The normalized spacial score (nSPS) is 21.7. The minimum Gasteiger partial charge on any atom is -0.485 e. The highest BCUT2D eigenvalue weighted by molar-refractivity contribution is 7.10. The number of para-hydroxylation sites is 1. The molecule has 2 fully saturated rings. The van der Waals surface area contributed by atoms with Crippen LogP contribution in [-0.4, -0.2) is 73.7 Å². The number of hydrogen-bond donors (Lipinski definition) is 1. The van der Waals surface area contributed by atoms with E-state index in [0.29, 0.717) is 0 Å². The van der Waals surface area contributed by atoms with Gasteiger partial charge in [0.15, 0.2) is 0 Å². The van der Waals surface area contributed by atoms with Crippen molar-refractivity contribution in [1.29, 1.82) is 0 Å². The number of amides is 1. The summed E-state index contributed by atoms with van der Waals surface area (Å²) in [4.78, 5) is 18.1. The third-order valence-corrected chi connectivity index (χ3v) is 8.13. The first-order chi connectivity index (χ1) is 16.5. The number of ether oxygens (including phenoxy) is 2. The van der Waals surface area contributed by atoms with Gasteiger partial charge in [-0.3, -0.25) is 4.79 Å². The predicted octanol–water partition coefficient (Wildman–Crippen LogP) is 4.12. The number of likely N-dealkylation sites (tertiary alicyclic amines) is 1. The van der Waals surface area contributed by atoms with E-state index < -0.39 is 0 Å². The minimum atomic E-state index is -0.330. The summed E-state index contributed by atoms with van der Waals surface area (Å²) in [5.74, 6) is 1.12. The molecule has 1 amide bonds. The van der Waals surface area contributed by atoms with E-state index >= 15 is 0 Å². The van der Waals surface area contributed by atoms with E-state index in [1.165, 1.54) is 10.4 Å². The van der Waals surface area contributed by atoms with Gasteiger partial charge in [0, 0.05) is 44.0 Å². The molecule has 1 spiro atoms. The van der Waals surface area contributed by atoms with Crippen molar-refractivity contribution in [2.24, 2.45) is 0 Å². The van der Waals surface area contributed by atoms with E-state index in [-0.39, 0.29) is 23.7 Å². The maximum absolute atomic E-state index is 12.3. The maximum atomic E-state index is 12.3. The van der Waals surface area contributed by atoms with E-state index in [0.717, 1.165) is 70.7 Å². The van der Waals surface area contributed by atoms with Crippen LogP contribution in [0.25, 0.3) is 0 Å². The highest BCUT2D eigenvalue weighted by atomic mass is 32.1. The second kappa shape index (κ2) is 11.7. The van der Waals surface area contributed by atoms with Gasteiger partial charge in [-0.1, -0.05) is 24.3 Å². The van der Waals surface area contributed by atoms with Crippen LogP contribution < -0.4 is 10.1 Å². The van der Waals surface area contributed by atoms with Crippen molar-refractivity contribution < 1.29 is 14.3 Å². The molecule has 0 saturated carbocycles. The number of carbonyl (C=O) groups is 1. The molecule has 2 aliphatic heterocycles. The topological polar surface area (TPSA) is 54.0 Å². The molecule has 0 unspecified atom stereocenters. The van der Waals surface area contributed by atoms with Crippen molar-refractivity contribution in [3.63, 3.8) is 0 Å². The molecule has 7 heteroatoms. The van der Waals surface area contributed by atoms with Crippen LogP contribution in [0.2, 0.25) is 0 Å². The third-order valence-electron chi connectivity index (χ3n) is 7.17. The number of thiophene rings is 1. The van der Waals surface area contributed by atoms with E-state index in [2.05, 4.69) is 58.9 Å². The number of nitrogens with zero attached hydrogens (tertiary/aromatic N) is 2. The number of piperidine rings is 1. The molecule has 2 atom stereocenters. The molecule has 2 aromatic rings. The molecule has 4 rings (SSSR count). The highest BCUT2D eigenvalue weighted by Crippen LogP contribution is 2.34. The number of nitrogens with one attached hydrogen (secondary N) is 1. The summed E-state index contributed by atoms with van der Waals surface area (Å²) in [5, 5.41) is 5.37. The molecule has 1 aromatic heterocycles. The molecule has 0 bridgehead atoms. The van der Waals surface area contributed by atoms with Crippen molar-refractivity contribution in [1.82, 2.24) is 15.1 Å². The highest BCUT2D eigenvalue weighted by Gasteiger charge is 2.44. The van der Waals surface area contributed by atoms with Crippen molar-refractivity contribution in [2.75, 3.05) is 46.3 Å². The molecule has 2 aliphatic rings. The summed E-state index contributed by atoms with van der Waals surface area (Å²) < 4.78 is 12.8. The standard InChI is InChI=1S/C27H39N3O3S/c1-4-30-20-27(33-21(2)26(30)31)13-17-29(18-14-27)16-12-22-8-5-6-9-23(22)32-24(11-15-28-3)25-10-7-19-34-25/h5-10,19,21,24,28H,4,11-18,20H2,1-3H3/t21-,24-/m1/s1. The van der Waals surface area contributed by atoms with Crippen LogP contribution in [0.15, 0.2) is 41.8 Å². The van der Waals surface area contributed by atoms with Crippen molar-refractivity contribution in [2.45, 2.75) is 57.3 Å². The molecule has 6 nitrogen and oxygen atoms in total. The van der Waals surface area contributed by atoms with Gasteiger partial charge in [0.1, 0.15) is 18.0 Å². The Hall–Kier alpha value is -1.93. The fourth-order valence-corrected chi connectivity index (χ4v) is 5.93. The second-order valence-corrected chi connectivity index (χ2v) is 10.5. The van der Waals surface area contributed by atoms with Crippen LogP contribution in [-0.2, 0) is 16.0 Å². The smallest absolute Gasteiger partial charge is 0.251 e. The zero-order chi connectivity index (χ0) is 24.0. The maximum Gasteiger partial charge on any atom is 0.251 e. The van der Waals surface area contributed by atoms with Gasteiger partial charge in [0.2, 0.25) is 0 Å². The average molecular weight is 486 g/mol. The molecule has 0 aliphatic carbocycles. The predicted molar refractivity (Wildman–Crippen MR) is 138 cm³/mol. The molecule has 2 saturated heterocycles. The number of benzene rings is 1. The average Bonchev–Trinajstić information content (AvgIpc) is 3.39. The fraction of sp³-hybridized carbons (Fsp3) is 0.593. The number of rotatable bonds is 10. The van der Waals surface area contributed by atoms with Gasteiger partial charge in [-0.05, 0) is 69.8 Å². The van der Waals surface area contributed by atoms with Crippen LogP contribution >= 0.6 is 11.3 Å². The Morgan fingerprint density at radius 1 is 1.24 bits per heavy atom. The summed E-state index contributed by atoms with van der Waals surface area (Å²) in [7, 11) is 1.98. The van der Waals surface area contributed by atoms with Crippen LogP contribution in [0.5, 0.6) is 5.75 Å². The lowest BCUT2D eigenvalue weighted by molar-refractivity contribution is -0.189. The molecule has 1 N–H and O–H groups in total. The van der Waals surface area contributed by atoms with Crippen LogP contribution in [0, 0.1) is 0 Å². The molecular formula is C27H39N3O3S. The molecule has 186 valence electrons. The van der Waals surface area contributed by atoms with Crippen LogP contribution in [0.4, 0.5) is 0 Å². The lowest BCUT2D eigenvalue weighted by atomic mass is 9.88. The Kier molecular flexibility index (Phi) is 8.64. The Labute approximate surface area is 208 Å². The Morgan fingerprint density at radius 2 is 2.03 bits per heavy atom. The summed E-state index contributed by atoms with van der Waals surface area (Å²) in [5.41, 5.74) is 1.08. The molecule has 1 aromatic carbocycles.